The summed E-state index contributed by atoms with van der Waals surface area (Å²) in [6.45, 7) is 1.17. The molecule has 1 aliphatic heterocycles. The Morgan fingerprint density at radius 1 is 1.29 bits per heavy atom. The summed E-state index contributed by atoms with van der Waals surface area (Å²) >= 11 is 0. The summed E-state index contributed by atoms with van der Waals surface area (Å²) in [5, 5.41) is 0. The molecule has 0 bridgehead atoms. The minimum absolute atomic E-state index is 0.779. The number of benzene rings is 1. The molecule has 2 aliphatic rings. The lowest BCUT2D eigenvalue weighted by Gasteiger charge is -2.37. The molecule has 0 radical (unpaired) electrons. The number of nitrogens with zero attached hydrogens (tertiary/aromatic N) is 1. The van der Waals surface area contributed by atoms with Crippen molar-refractivity contribution in [2.45, 2.75) is 31.7 Å². The lowest BCUT2D eigenvalue weighted by Crippen LogP contribution is -2.39. The number of para-hydroxylation sites is 1. The summed E-state index contributed by atoms with van der Waals surface area (Å²) in [7, 11) is 0. The van der Waals surface area contributed by atoms with E-state index in [1.54, 1.807) is 0 Å². The number of fused-ring (bicyclic) bond motifs is 1. The van der Waals surface area contributed by atoms with E-state index in [0.717, 1.165) is 11.7 Å². The first-order valence-electron chi connectivity index (χ1n) is 5.50. The van der Waals surface area contributed by atoms with Crippen LogP contribution in [-0.2, 0) is 6.42 Å². The predicted octanol–water partition coefficient (Wildman–Crippen LogP) is 2.18. The molecule has 1 aromatic carbocycles. The van der Waals surface area contributed by atoms with Gasteiger partial charge < -0.3 is 10.6 Å². The van der Waals surface area contributed by atoms with Gasteiger partial charge in [0, 0.05) is 12.6 Å². The van der Waals surface area contributed by atoms with Gasteiger partial charge in [-0.15, -0.1) is 0 Å². The van der Waals surface area contributed by atoms with Crippen molar-refractivity contribution in [2.75, 3.05) is 17.2 Å². The minimum Gasteiger partial charge on any atom is -0.397 e. The predicted molar refractivity (Wildman–Crippen MR) is 59.5 cm³/mol. The number of nitrogens with two attached hydrogens (primary N) is 1. The Bertz CT molecular complexity index is 355. The molecule has 1 heterocycles. The van der Waals surface area contributed by atoms with Crippen molar-refractivity contribution >= 4 is 11.4 Å². The molecule has 2 heteroatoms. The smallest absolute Gasteiger partial charge is 0.0635 e. The molecule has 2 nitrogen and oxygen atoms in total. The zero-order chi connectivity index (χ0) is 9.54. The van der Waals surface area contributed by atoms with E-state index in [4.69, 9.17) is 5.73 Å². The molecule has 1 aliphatic carbocycles. The molecular formula is C12H16N2. The van der Waals surface area contributed by atoms with Gasteiger partial charge in [-0.05, 0) is 37.3 Å². The highest BCUT2D eigenvalue weighted by molar-refractivity contribution is 5.74. The molecule has 0 atom stereocenters. The van der Waals surface area contributed by atoms with E-state index < -0.39 is 0 Å². The molecule has 0 spiro atoms. The Morgan fingerprint density at radius 2 is 2.14 bits per heavy atom. The summed E-state index contributed by atoms with van der Waals surface area (Å²) in [4.78, 5) is 2.52. The Balaban J connectivity index is 1.99. The standard InChI is InChI=1S/C12H16N2/c13-11-6-1-3-9-7-8-14(12(9)11)10-4-2-5-10/h1,3,6,10H,2,4-5,7-8,13H2. The maximum Gasteiger partial charge on any atom is 0.0635 e. The van der Waals surface area contributed by atoms with E-state index in [2.05, 4.69) is 17.0 Å². The van der Waals surface area contributed by atoms with E-state index in [1.807, 2.05) is 6.07 Å². The minimum atomic E-state index is 0.779. The highest BCUT2D eigenvalue weighted by atomic mass is 15.2. The van der Waals surface area contributed by atoms with Crippen LogP contribution in [0.3, 0.4) is 0 Å². The van der Waals surface area contributed by atoms with Crippen molar-refractivity contribution in [3.63, 3.8) is 0 Å². The van der Waals surface area contributed by atoms with Gasteiger partial charge in [0.15, 0.2) is 0 Å². The number of hydrogen-bond acceptors (Lipinski definition) is 2. The van der Waals surface area contributed by atoms with Crippen LogP contribution in [0.4, 0.5) is 11.4 Å². The topological polar surface area (TPSA) is 29.3 Å². The van der Waals surface area contributed by atoms with Crippen molar-refractivity contribution in [3.8, 4) is 0 Å². The van der Waals surface area contributed by atoms with E-state index in [9.17, 15) is 0 Å². The summed E-state index contributed by atoms with van der Waals surface area (Å²) in [6.07, 6.45) is 5.28. The molecule has 0 aromatic heterocycles. The van der Waals surface area contributed by atoms with Crippen molar-refractivity contribution in [3.05, 3.63) is 23.8 Å². The molecule has 0 saturated heterocycles. The Kier molecular flexibility index (Phi) is 1.69. The fourth-order valence-corrected chi connectivity index (χ4v) is 2.58. The molecule has 1 aromatic rings. The Morgan fingerprint density at radius 3 is 2.86 bits per heavy atom. The summed E-state index contributed by atoms with van der Waals surface area (Å²) in [5.74, 6) is 0. The second-order valence-corrected chi connectivity index (χ2v) is 4.38. The molecule has 74 valence electrons. The normalized spacial score (nSPS) is 20.7. The second kappa shape index (κ2) is 2.91. The first kappa shape index (κ1) is 8.16. The number of hydrogen-bond donors (Lipinski definition) is 1. The summed E-state index contributed by atoms with van der Waals surface area (Å²) in [6, 6.07) is 7.08. The second-order valence-electron chi connectivity index (χ2n) is 4.38. The number of rotatable bonds is 1. The van der Waals surface area contributed by atoms with Crippen LogP contribution in [0.5, 0.6) is 0 Å². The van der Waals surface area contributed by atoms with Crippen LogP contribution in [0.2, 0.25) is 0 Å². The fourth-order valence-electron chi connectivity index (χ4n) is 2.58. The van der Waals surface area contributed by atoms with E-state index in [-0.39, 0.29) is 0 Å². The van der Waals surface area contributed by atoms with Crippen LogP contribution < -0.4 is 10.6 Å². The van der Waals surface area contributed by atoms with E-state index in [1.165, 1.54) is 43.5 Å². The maximum atomic E-state index is 6.04. The largest absolute Gasteiger partial charge is 0.397 e. The molecule has 0 amide bonds. The average molecular weight is 188 g/mol. The van der Waals surface area contributed by atoms with Crippen molar-refractivity contribution in [1.82, 2.24) is 0 Å². The fraction of sp³-hybridized carbons (Fsp3) is 0.500. The highest BCUT2D eigenvalue weighted by Crippen LogP contribution is 2.39. The van der Waals surface area contributed by atoms with Crippen LogP contribution in [0.25, 0.3) is 0 Å². The maximum absolute atomic E-state index is 6.04. The van der Waals surface area contributed by atoms with E-state index in [0.29, 0.717) is 0 Å². The lowest BCUT2D eigenvalue weighted by molar-refractivity contribution is 0.393. The van der Waals surface area contributed by atoms with Crippen LogP contribution in [0.15, 0.2) is 18.2 Å². The molecule has 14 heavy (non-hydrogen) atoms. The van der Waals surface area contributed by atoms with Gasteiger partial charge in [0.05, 0.1) is 11.4 Å². The quantitative estimate of drug-likeness (QED) is 0.684. The number of anilines is 2. The lowest BCUT2D eigenvalue weighted by atomic mass is 9.91. The van der Waals surface area contributed by atoms with Gasteiger partial charge in [0.25, 0.3) is 0 Å². The first-order valence-corrected chi connectivity index (χ1v) is 5.50. The van der Waals surface area contributed by atoms with Crippen LogP contribution in [0.1, 0.15) is 24.8 Å². The van der Waals surface area contributed by atoms with Crippen LogP contribution in [-0.4, -0.2) is 12.6 Å². The molecule has 0 unspecified atom stereocenters. The SMILES string of the molecule is Nc1cccc2c1N(C1CCC1)CC2. The molecule has 2 N–H and O–H groups in total. The van der Waals surface area contributed by atoms with Gasteiger partial charge in [-0.3, -0.25) is 0 Å². The highest BCUT2D eigenvalue weighted by Gasteiger charge is 2.30. The monoisotopic (exact) mass is 188 g/mol. The first-order chi connectivity index (χ1) is 6.86. The third-order valence-corrected chi connectivity index (χ3v) is 3.58. The third-order valence-electron chi connectivity index (χ3n) is 3.58. The molecule has 1 saturated carbocycles. The van der Waals surface area contributed by atoms with Gasteiger partial charge >= 0.3 is 0 Å². The Labute approximate surface area is 84.7 Å². The van der Waals surface area contributed by atoms with Gasteiger partial charge in [-0.2, -0.15) is 0 Å². The summed E-state index contributed by atoms with van der Waals surface area (Å²) < 4.78 is 0. The van der Waals surface area contributed by atoms with Crippen LogP contribution >= 0.6 is 0 Å². The Hall–Kier alpha value is -1.18. The van der Waals surface area contributed by atoms with Gasteiger partial charge in [0.1, 0.15) is 0 Å². The molecule has 3 rings (SSSR count). The van der Waals surface area contributed by atoms with Gasteiger partial charge in [0.2, 0.25) is 0 Å². The molecular weight excluding hydrogens is 172 g/mol. The zero-order valence-corrected chi connectivity index (χ0v) is 8.37. The average Bonchev–Trinajstić information content (AvgIpc) is 2.47. The van der Waals surface area contributed by atoms with Crippen LogP contribution in [0, 0.1) is 0 Å². The van der Waals surface area contributed by atoms with Crippen molar-refractivity contribution in [2.24, 2.45) is 0 Å². The van der Waals surface area contributed by atoms with E-state index >= 15 is 0 Å². The molecule has 1 fully saturated rings. The van der Waals surface area contributed by atoms with Crippen molar-refractivity contribution in [1.29, 1.82) is 0 Å². The van der Waals surface area contributed by atoms with Crippen molar-refractivity contribution < 1.29 is 0 Å². The van der Waals surface area contributed by atoms with Gasteiger partial charge in [-0.25, -0.2) is 0 Å². The van der Waals surface area contributed by atoms with Gasteiger partial charge in [-0.1, -0.05) is 12.1 Å². The third kappa shape index (κ3) is 1.03. The summed E-state index contributed by atoms with van der Waals surface area (Å²) in [5.41, 5.74) is 9.77. The number of nitrogen functional groups attached to an aromatic ring is 1. The zero-order valence-electron chi connectivity index (χ0n) is 8.37.